The van der Waals surface area contributed by atoms with E-state index in [9.17, 15) is 8.42 Å². The minimum atomic E-state index is -3.41. The highest BCUT2D eigenvalue weighted by Gasteiger charge is 2.31. The van der Waals surface area contributed by atoms with Crippen molar-refractivity contribution >= 4 is 22.4 Å². The van der Waals surface area contributed by atoms with Crippen LogP contribution in [-0.2, 0) is 16.4 Å². The fourth-order valence-electron chi connectivity index (χ4n) is 3.35. The fraction of sp³-hybridized carbons (Fsp3) is 0.625. The summed E-state index contributed by atoms with van der Waals surface area (Å²) in [5.74, 6) is 1.22. The number of nitrogens with two attached hydrogens (primary N) is 1. The summed E-state index contributed by atoms with van der Waals surface area (Å²) in [5.41, 5.74) is 6.91. The Labute approximate surface area is 144 Å². The quantitative estimate of drug-likeness (QED) is 0.896. The summed E-state index contributed by atoms with van der Waals surface area (Å²) < 4.78 is 32.8. The van der Waals surface area contributed by atoms with Gasteiger partial charge in [0.1, 0.15) is 11.9 Å². The van der Waals surface area contributed by atoms with Crippen LogP contribution in [0.1, 0.15) is 32.3 Å². The Morgan fingerprint density at radius 1 is 1.30 bits per heavy atom. The molecule has 1 aromatic carbocycles. The normalized spacial score (nSPS) is 23.7. The van der Waals surface area contributed by atoms with Gasteiger partial charge < -0.3 is 10.5 Å². The van der Waals surface area contributed by atoms with Gasteiger partial charge in [-0.05, 0) is 56.4 Å². The van der Waals surface area contributed by atoms with Crippen LogP contribution in [0.15, 0.2) is 23.1 Å². The van der Waals surface area contributed by atoms with Crippen molar-refractivity contribution in [3.8, 4) is 5.75 Å². The number of sulfonamides is 1. The average Bonchev–Trinajstić information content (AvgIpc) is 2.86. The molecule has 0 amide bonds. The average molecular weight is 361 g/mol. The van der Waals surface area contributed by atoms with Gasteiger partial charge in [-0.15, -0.1) is 12.4 Å². The molecule has 0 spiro atoms. The molecular formula is C16H25ClN2O3S. The summed E-state index contributed by atoms with van der Waals surface area (Å²) in [6, 6.07) is 5.33. The van der Waals surface area contributed by atoms with Crippen molar-refractivity contribution in [1.82, 2.24) is 4.31 Å². The van der Waals surface area contributed by atoms with E-state index in [0.29, 0.717) is 23.9 Å². The zero-order valence-electron chi connectivity index (χ0n) is 13.6. The first kappa shape index (κ1) is 18.5. The van der Waals surface area contributed by atoms with Crippen molar-refractivity contribution in [3.63, 3.8) is 0 Å². The summed E-state index contributed by atoms with van der Waals surface area (Å²) in [6.07, 6.45) is 2.56. The van der Waals surface area contributed by atoms with Gasteiger partial charge in [-0.25, -0.2) is 8.42 Å². The summed E-state index contributed by atoms with van der Waals surface area (Å²) in [5, 5.41) is 0. The molecule has 1 aromatic rings. The first-order valence-electron chi connectivity index (χ1n) is 7.93. The van der Waals surface area contributed by atoms with Crippen molar-refractivity contribution in [1.29, 1.82) is 0 Å². The molecule has 2 aliphatic rings. The number of halogens is 1. The molecule has 2 heterocycles. The van der Waals surface area contributed by atoms with Crippen molar-refractivity contribution in [3.05, 3.63) is 23.8 Å². The van der Waals surface area contributed by atoms with Gasteiger partial charge >= 0.3 is 0 Å². The maximum atomic E-state index is 12.8. The van der Waals surface area contributed by atoms with E-state index in [1.807, 2.05) is 13.8 Å². The largest absolute Gasteiger partial charge is 0.490 e. The molecule has 130 valence electrons. The second-order valence-corrected chi connectivity index (χ2v) is 8.44. The Morgan fingerprint density at radius 2 is 1.96 bits per heavy atom. The van der Waals surface area contributed by atoms with Crippen LogP contribution in [0, 0.1) is 5.92 Å². The molecule has 23 heavy (non-hydrogen) atoms. The van der Waals surface area contributed by atoms with Gasteiger partial charge in [-0.3, -0.25) is 0 Å². The maximum absolute atomic E-state index is 12.8. The van der Waals surface area contributed by atoms with E-state index >= 15 is 0 Å². The van der Waals surface area contributed by atoms with Gasteiger partial charge in [-0.2, -0.15) is 4.31 Å². The molecule has 0 bridgehead atoms. The number of ether oxygens (including phenoxy) is 1. The molecule has 0 saturated carbocycles. The van der Waals surface area contributed by atoms with Crippen LogP contribution in [-0.4, -0.2) is 38.0 Å². The zero-order valence-corrected chi connectivity index (χ0v) is 15.2. The van der Waals surface area contributed by atoms with Crippen LogP contribution in [0.2, 0.25) is 0 Å². The number of rotatable bonds is 3. The first-order chi connectivity index (χ1) is 10.4. The lowest BCUT2D eigenvalue weighted by Gasteiger charge is -2.33. The van der Waals surface area contributed by atoms with Crippen molar-refractivity contribution < 1.29 is 13.2 Å². The molecule has 2 aliphatic heterocycles. The van der Waals surface area contributed by atoms with E-state index in [1.165, 1.54) is 0 Å². The van der Waals surface area contributed by atoms with Gasteiger partial charge in [-0.1, -0.05) is 0 Å². The van der Waals surface area contributed by atoms with E-state index in [1.54, 1.807) is 22.5 Å². The van der Waals surface area contributed by atoms with Gasteiger partial charge in [0.25, 0.3) is 0 Å². The van der Waals surface area contributed by atoms with Crippen LogP contribution in [0.3, 0.4) is 0 Å². The molecule has 3 rings (SSSR count). The van der Waals surface area contributed by atoms with E-state index in [2.05, 4.69) is 0 Å². The summed E-state index contributed by atoms with van der Waals surface area (Å²) in [6.45, 7) is 5.10. The Morgan fingerprint density at radius 3 is 2.57 bits per heavy atom. The lowest BCUT2D eigenvalue weighted by Crippen LogP contribution is -2.42. The SMILES string of the molecule is CC1Cc2cc(S(=O)(=O)N3CCC(C(C)N)CC3)ccc2O1.Cl. The summed E-state index contributed by atoms with van der Waals surface area (Å²) >= 11 is 0. The van der Waals surface area contributed by atoms with E-state index in [-0.39, 0.29) is 24.6 Å². The van der Waals surface area contributed by atoms with Gasteiger partial charge in [0.2, 0.25) is 10.0 Å². The molecule has 1 saturated heterocycles. The summed E-state index contributed by atoms with van der Waals surface area (Å²) in [7, 11) is -3.41. The van der Waals surface area contributed by atoms with Crippen LogP contribution in [0.5, 0.6) is 5.75 Å². The second-order valence-electron chi connectivity index (χ2n) is 6.50. The van der Waals surface area contributed by atoms with Crippen LogP contribution in [0.4, 0.5) is 0 Å². The first-order valence-corrected chi connectivity index (χ1v) is 9.37. The molecule has 5 nitrogen and oxygen atoms in total. The lowest BCUT2D eigenvalue weighted by molar-refractivity contribution is 0.250. The van der Waals surface area contributed by atoms with Crippen molar-refractivity contribution in [2.24, 2.45) is 11.7 Å². The standard InChI is InChI=1S/C16H24N2O3S.ClH/c1-11-9-14-10-15(3-4-16(14)21-11)22(19,20)18-7-5-13(6-8-18)12(2)17;/h3-4,10-13H,5-9,17H2,1-2H3;1H. The van der Waals surface area contributed by atoms with E-state index < -0.39 is 10.0 Å². The number of nitrogens with zero attached hydrogens (tertiary/aromatic N) is 1. The highest BCUT2D eigenvalue weighted by Crippen LogP contribution is 2.32. The van der Waals surface area contributed by atoms with Gasteiger partial charge in [0.05, 0.1) is 4.90 Å². The van der Waals surface area contributed by atoms with E-state index in [0.717, 1.165) is 30.6 Å². The zero-order chi connectivity index (χ0) is 15.9. The third kappa shape index (κ3) is 3.65. The molecule has 0 aliphatic carbocycles. The number of hydrogen-bond acceptors (Lipinski definition) is 4. The van der Waals surface area contributed by atoms with E-state index in [4.69, 9.17) is 10.5 Å². The van der Waals surface area contributed by atoms with Crippen molar-refractivity contribution in [2.75, 3.05) is 13.1 Å². The smallest absolute Gasteiger partial charge is 0.243 e. The van der Waals surface area contributed by atoms with Gasteiger partial charge in [0.15, 0.2) is 0 Å². The Balaban J connectivity index is 0.00000192. The minimum Gasteiger partial charge on any atom is -0.490 e. The van der Waals surface area contributed by atoms with Crippen LogP contribution in [0.25, 0.3) is 0 Å². The molecule has 1 fully saturated rings. The number of benzene rings is 1. The Kier molecular flexibility index (Phi) is 5.61. The predicted octanol–water partition coefficient (Wildman–Crippen LogP) is 2.18. The highest BCUT2D eigenvalue weighted by molar-refractivity contribution is 7.89. The molecule has 0 radical (unpaired) electrons. The number of fused-ring (bicyclic) bond motifs is 1. The monoisotopic (exact) mass is 360 g/mol. The van der Waals surface area contributed by atoms with Crippen LogP contribution < -0.4 is 10.5 Å². The topological polar surface area (TPSA) is 72.6 Å². The number of piperidine rings is 1. The second kappa shape index (κ2) is 6.97. The Hall–Kier alpha value is -0.820. The molecular weight excluding hydrogens is 336 g/mol. The van der Waals surface area contributed by atoms with Crippen LogP contribution >= 0.6 is 12.4 Å². The Bertz CT molecular complexity index is 655. The fourth-order valence-corrected chi connectivity index (χ4v) is 4.87. The lowest BCUT2D eigenvalue weighted by atomic mass is 9.92. The molecule has 2 N–H and O–H groups in total. The highest BCUT2D eigenvalue weighted by atomic mass is 35.5. The molecule has 7 heteroatoms. The predicted molar refractivity (Wildman–Crippen MR) is 92.6 cm³/mol. The maximum Gasteiger partial charge on any atom is 0.243 e. The van der Waals surface area contributed by atoms with Gasteiger partial charge in [0, 0.05) is 25.6 Å². The third-order valence-electron chi connectivity index (χ3n) is 4.75. The number of hydrogen-bond donors (Lipinski definition) is 1. The summed E-state index contributed by atoms with van der Waals surface area (Å²) in [4.78, 5) is 0.378. The molecule has 0 aromatic heterocycles. The molecule has 2 unspecified atom stereocenters. The molecule has 2 atom stereocenters. The third-order valence-corrected chi connectivity index (χ3v) is 6.64. The van der Waals surface area contributed by atoms with Crippen molar-refractivity contribution in [2.45, 2.75) is 50.2 Å². The minimum absolute atomic E-state index is 0.